The number of carboxylic acids is 1. The van der Waals surface area contributed by atoms with Gasteiger partial charge in [-0.2, -0.15) is 5.26 Å². The van der Waals surface area contributed by atoms with Crippen molar-refractivity contribution in [3.8, 4) is 17.6 Å². The van der Waals surface area contributed by atoms with Gasteiger partial charge in [0.1, 0.15) is 6.61 Å². The normalized spacial score (nSPS) is 10.8. The molecule has 3 rings (SSSR count). The Bertz CT molecular complexity index is 1210. The van der Waals surface area contributed by atoms with Gasteiger partial charge in [-0.3, -0.25) is 10.1 Å². The Morgan fingerprint density at radius 1 is 1.06 bits per heavy atom. The maximum absolute atomic E-state index is 11.0. The van der Waals surface area contributed by atoms with Crippen LogP contribution in [0.25, 0.3) is 11.6 Å². The SMILES string of the molecule is COc1cc(/C=C(/C#N)c2ccc(C(=O)O)cc2)ccc1OCc1ccc([N+](=O)[O-])cc1. The Morgan fingerprint density at radius 3 is 2.28 bits per heavy atom. The Kier molecular flexibility index (Phi) is 6.83. The molecule has 3 aromatic rings. The summed E-state index contributed by atoms with van der Waals surface area (Å²) < 4.78 is 11.2. The highest BCUT2D eigenvalue weighted by Crippen LogP contribution is 2.30. The van der Waals surface area contributed by atoms with Gasteiger partial charge in [0.25, 0.3) is 5.69 Å². The van der Waals surface area contributed by atoms with Crippen molar-refractivity contribution in [2.75, 3.05) is 7.11 Å². The highest BCUT2D eigenvalue weighted by Gasteiger charge is 2.09. The molecule has 8 nitrogen and oxygen atoms in total. The van der Waals surface area contributed by atoms with Crippen LogP contribution in [-0.2, 0) is 6.61 Å². The van der Waals surface area contributed by atoms with Gasteiger partial charge in [-0.05, 0) is 59.2 Å². The second-order valence-corrected chi connectivity index (χ2v) is 6.67. The van der Waals surface area contributed by atoms with E-state index in [1.807, 2.05) is 0 Å². The Hall–Kier alpha value is -4.64. The van der Waals surface area contributed by atoms with Crippen LogP contribution in [0.1, 0.15) is 27.0 Å². The molecule has 0 radical (unpaired) electrons. The lowest BCUT2D eigenvalue weighted by Crippen LogP contribution is -1.98. The number of nitro groups is 1. The fraction of sp³-hybridized carbons (Fsp3) is 0.0833. The van der Waals surface area contributed by atoms with E-state index >= 15 is 0 Å². The molecule has 0 unspecified atom stereocenters. The minimum atomic E-state index is -1.03. The Labute approximate surface area is 183 Å². The summed E-state index contributed by atoms with van der Waals surface area (Å²) in [7, 11) is 1.50. The molecule has 0 fully saturated rings. The number of rotatable bonds is 8. The maximum Gasteiger partial charge on any atom is 0.335 e. The van der Waals surface area contributed by atoms with Crippen LogP contribution in [0.2, 0.25) is 0 Å². The van der Waals surface area contributed by atoms with Gasteiger partial charge in [-0.15, -0.1) is 0 Å². The summed E-state index contributed by atoms with van der Waals surface area (Å²) in [5, 5.41) is 29.3. The monoisotopic (exact) mass is 430 g/mol. The molecule has 0 aliphatic carbocycles. The van der Waals surface area contributed by atoms with Gasteiger partial charge >= 0.3 is 5.97 Å². The molecular weight excluding hydrogens is 412 g/mol. The summed E-state index contributed by atoms with van der Waals surface area (Å²) in [5.41, 5.74) is 2.57. The number of methoxy groups -OCH3 is 1. The van der Waals surface area contributed by atoms with Crippen molar-refractivity contribution in [1.82, 2.24) is 0 Å². The summed E-state index contributed by atoms with van der Waals surface area (Å²) in [4.78, 5) is 21.3. The molecule has 1 N–H and O–H groups in total. The van der Waals surface area contributed by atoms with E-state index in [9.17, 15) is 20.2 Å². The number of nitriles is 1. The van der Waals surface area contributed by atoms with E-state index in [1.54, 1.807) is 48.5 Å². The lowest BCUT2D eigenvalue weighted by Gasteiger charge is -2.11. The third-order valence-electron chi connectivity index (χ3n) is 4.60. The van der Waals surface area contributed by atoms with Crippen molar-refractivity contribution in [1.29, 1.82) is 5.26 Å². The van der Waals surface area contributed by atoms with Crippen molar-refractivity contribution in [3.05, 3.63) is 99.1 Å². The third-order valence-corrected chi connectivity index (χ3v) is 4.60. The number of hydrogen-bond donors (Lipinski definition) is 1. The van der Waals surface area contributed by atoms with E-state index in [4.69, 9.17) is 14.6 Å². The first-order chi connectivity index (χ1) is 15.4. The van der Waals surface area contributed by atoms with Crippen LogP contribution < -0.4 is 9.47 Å². The second-order valence-electron chi connectivity index (χ2n) is 6.67. The summed E-state index contributed by atoms with van der Waals surface area (Å²) in [6, 6.07) is 19.4. The van der Waals surface area contributed by atoms with Crippen molar-refractivity contribution < 1.29 is 24.3 Å². The number of carboxylic acid groups (broad SMARTS) is 1. The summed E-state index contributed by atoms with van der Waals surface area (Å²) >= 11 is 0. The van der Waals surface area contributed by atoms with Crippen LogP contribution in [0.5, 0.6) is 11.5 Å². The van der Waals surface area contributed by atoms with Crippen LogP contribution in [0.15, 0.2) is 66.7 Å². The Morgan fingerprint density at radius 2 is 1.72 bits per heavy atom. The number of benzene rings is 3. The quantitative estimate of drug-likeness (QED) is 0.232. The van der Waals surface area contributed by atoms with E-state index in [0.29, 0.717) is 28.2 Å². The van der Waals surface area contributed by atoms with Crippen molar-refractivity contribution in [2.24, 2.45) is 0 Å². The van der Waals surface area contributed by atoms with Crippen LogP contribution >= 0.6 is 0 Å². The van der Waals surface area contributed by atoms with Crippen molar-refractivity contribution in [2.45, 2.75) is 6.61 Å². The molecule has 160 valence electrons. The van der Waals surface area contributed by atoms with Crippen molar-refractivity contribution in [3.63, 3.8) is 0 Å². The zero-order chi connectivity index (χ0) is 23.1. The summed E-state index contributed by atoms with van der Waals surface area (Å²) in [6.07, 6.45) is 1.67. The predicted molar refractivity (Wildman–Crippen MR) is 117 cm³/mol. The van der Waals surface area contributed by atoms with Gasteiger partial charge in [-0.25, -0.2) is 4.79 Å². The maximum atomic E-state index is 11.0. The third kappa shape index (κ3) is 5.29. The highest BCUT2D eigenvalue weighted by molar-refractivity contribution is 5.92. The molecule has 32 heavy (non-hydrogen) atoms. The number of non-ortho nitro benzene ring substituents is 1. The van der Waals surface area contributed by atoms with Crippen LogP contribution in [-0.4, -0.2) is 23.1 Å². The number of allylic oxidation sites excluding steroid dienone is 1. The first-order valence-electron chi connectivity index (χ1n) is 9.41. The van der Waals surface area contributed by atoms with E-state index in [1.165, 1.54) is 31.4 Å². The number of carbonyl (C=O) groups is 1. The number of nitro benzene ring substituents is 1. The number of hydrogen-bond acceptors (Lipinski definition) is 6. The van der Waals surface area contributed by atoms with E-state index in [2.05, 4.69) is 6.07 Å². The molecule has 0 spiro atoms. The molecular formula is C24H18N2O6. The molecule has 0 saturated heterocycles. The number of nitrogens with zero attached hydrogens (tertiary/aromatic N) is 2. The first kappa shape index (κ1) is 22.1. The summed E-state index contributed by atoms with van der Waals surface area (Å²) in [6.45, 7) is 0.197. The lowest BCUT2D eigenvalue weighted by molar-refractivity contribution is -0.384. The van der Waals surface area contributed by atoms with Gasteiger partial charge in [-0.1, -0.05) is 18.2 Å². The minimum Gasteiger partial charge on any atom is -0.493 e. The number of ether oxygens (including phenoxy) is 2. The van der Waals surface area contributed by atoms with Crippen LogP contribution in [0, 0.1) is 21.4 Å². The number of aromatic carboxylic acids is 1. The molecule has 0 heterocycles. The molecule has 0 aliphatic heterocycles. The topological polar surface area (TPSA) is 123 Å². The minimum absolute atomic E-state index is 0.00775. The fourth-order valence-corrected chi connectivity index (χ4v) is 2.91. The average Bonchev–Trinajstić information content (AvgIpc) is 2.81. The molecule has 0 aliphatic rings. The zero-order valence-electron chi connectivity index (χ0n) is 17.0. The molecule has 8 heteroatoms. The average molecular weight is 430 g/mol. The Balaban J connectivity index is 1.78. The first-order valence-corrected chi connectivity index (χ1v) is 9.41. The molecule has 3 aromatic carbocycles. The van der Waals surface area contributed by atoms with E-state index < -0.39 is 10.9 Å². The highest BCUT2D eigenvalue weighted by atomic mass is 16.6. The predicted octanol–water partition coefficient (Wildman–Crippen LogP) is 4.94. The van der Waals surface area contributed by atoms with Gasteiger partial charge in [0.2, 0.25) is 0 Å². The van der Waals surface area contributed by atoms with E-state index in [0.717, 1.165) is 5.56 Å². The zero-order valence-corrected chi connectivity index (χ0v) is 17.0. The second kappa shape index (κ2) is 9.91. The molecule has 0 atom stereocenters. The largest absolute Gasteiger partial charge is 0.493 e. The van der Waals surface area contributed by atoms with Gasteiger partial charge in [0, 0.05) is 12.1 Å². The lowest BCUT2D eigenvalue weighted by atomic mass is 10.0. The molecule has 0 amide bonds. The van der Waals surface area contributed by atoms with Crippen LogP contribution in [0.3, 0.4) is 0 Å². The van der Waals surface area contributed by atoms with Gasteiger partial charge in [0.05, 0.1) is 29.2 Å². The van der Waals surface area contributed by atoms with E-state index in [-0.39, 0.29) is 17.9 Å². The molecule has 0 bridgehead atoms. The van der Waals surface area contributed by atoms with Crippen molar-refractivity contribution >= 4 is 23.3 Å². The fourth-order valence-electron chi connectivity index (χ4n) is 2.91. The van der Waals surface area contributed by atoms with Crippen LogP contribution in [0.4, 0.5) is 5.69 Å². The van der Waals surface area contributed by atoms with Gasteiger partial charge in [0.15, 0.2) is 11.5 Å². The van der Waals surface area contributed by atoms with Gasteiger partial charge < -0.3 is 14.6 Å². The molecule has 0 saturated carbocycles. The smallest absolute Gasteiger partial charge is 0.335 e. The molecule has 0 aromatic heterocycles. The summed E-state index contributed by atoms with van der Waals surface area (Å²) in [5.74, 6) is -0.0976. The standard InChI is InChI=1S/C24H18N2O6/c1-31-23-13-17(12-20(14-25)18-5-7-19(8-6-18)24(27)28)4-11-22(23)32-15-16-2-9-21(10-3-16)26(29)30/h2-13H,15H2,1H3,(H,27,28)/b20-12-.